The van der Waals surface area contributed by atoms with Crippen molar-refractivity contribution in [3.63, 3.8) is 0 Å². The monoisotopic (exact) mass is 178 g/mol. The fourth-order valence-electron chi connectivity index (χ4n) is 1.82. The standard InChI is InChI=1S/C11H14O2/c1-8(12)11-10-5-3-2-4-9(10)6-7-13-11/h2-5,8,11-12H,6-7H2,1H3. The summed E-state index contributed by atoms with van der Waals surface area (Å²) in [4.78, 5) is 0. The van der Waals surface area contributed by atoms with Crippen LogP contribution in [0.25, 0.3) is 0 Å². The minimum atomic E-state index is -0.429. The summed E-state index contributed by atoms with van der Waals surface area (Å²) >= 11 is 0. The quantitative estimate of drug-likeness (QED) is 0.709. The number of benzene rings is 1. The Bertz CT molecular complexity index is 294. The molecule has 0 radical (unpaired) electrons. The zero-order chi connectivity index (χ0) is 9.26. The summed E-state index contributed by atoms with van der Waals surface area (Å²) in [7, 11) is 0. The molecular formula is C11H14O2. The highest BCUT2D eigenvalue weighted by molar-refractivity contribution is 5.31. The Balaban J connectivity index is 2.37. The predicted octanol–water partition coefficient (Wildman–Crippen LogP) is 1.68. The van der Waals surface area contributed by atoms with Gasteiger partial charge in [-0.15, -0.1) is 0 Å². The van der Waals surface area contributed by atoms with Crippen LogP contribution in [0.1, 0.15) is 24.2 Å². The van der Waals surface area contributed by atoms with E-state index in [4.69, 9.17) is 4.74 Å². The smallest absolute Gasteiger partial charge is 0.108 e. The molecule has 70 valence electrons. The van der Waals surface area contributed by atoms with Gasteiger partial charge in [0.1, 0.15) is 6.10 Å². The van der Waals surface area contributed by atoms with Crippen molar-refractivity contribution in [3.8, 4) is 0 Å². The molecule has 2 unspecified atom stereocenters. The second-order valence-electron chi connectivity index (χ2n) is 3.48. The fourth-order valence-corrected chi connectivity index (χ4v) is 1.82. The van der Waals surface area contributed by atoms with E-state index in [2.05, 4.69) is 6.07 Å². The van der Waals surface area contributed by atoms with Crippen molar-refractivity contribution >= 4 is 0 Å². The summed E-state index contributed by atoms with van der Waals surface area (Å²) in [6, 6.07) is 8.16. The summed E-state index contributed by atoms with van der Waals surface area (Å²) in [6.07, 6.45) is 0.394. The molecule has 2 heteroatoms. The van der Waals surface area contributed by atoms with Crippen molar-refractivity contribution in [1.29, 1.82) is 0 Å². The molecule has 0 bridgehead atoms. The Labute approximate surface area is 78.2 Å². The second kappa shape index (κ2) is 3.48. The van der Waals surface area contributed by atoms with Crippen molar-refractivity contribution in [3.05, 3.63) is 35.4 Å². The summed E-state index contributed by atoms with van der Waals surface area (Å²) in [5.74, 6) is 0. The number of aliphatic hydroxyl groups is 1. The third kappa shape index (κ3) is 1.60. The van der Waals surface area contributed by atoms with E-state index in [1.165, 1.54) is 5.56 Å². The average molecular weight is 178 g/mol. The van der Waals surface area contributed by atoms with E-state index < -0.39 is 6.10 Å². The molecule has 1 aromatic carbocycles. The average Bonchev–Trinajstić information content (AvgIpc) is 2.17. The van der Waals surface area contributed by atoms with Crippen LogP contribution in [0, 0.1) is 0 Å². The van der Waals surface area contributed by atoms with Gasteiger partial charge in [0.25, 0.3) is 0 Å². The Hall–Kier alpha value is -0.860. The Morgan fingerprint density at radius 3 is 3.00 bits per heavy atom. The van der Waals surface area contributed by atoms with Crippen LogP contribution in [0.3, 0.4) is 0 Å². The minimum absolute atomic E-state index is 0.134. The van der Waals surface area contributed by atoms with Gasteiger partial charge in [0.2, 0.25) is 0 Å². The highest BCUT2D eigenvalue weighted by atomic mass is 16.5. The zero-order valence-corrected chi connectivity index (χ0v) is 7.73. The van der Waals surface area contributed by atoms with Gasteiger partial charge in [-0.25, -0.2) is 0 Å². The van der Waals surface area contributed by atoms with Crippen molar-refractivity contribution in [2.45, 2.75) is 25.6 Å². The molecule has 1 aromatic rings. The van der Waals surface area contributed by atoms with Gasteiger partial charge < -0.3 is 9.84 Å². The lowest BCUT2D eigenvalue weighted by Gasteiger charge is -2.27. The highest BCUT2D eigenvalue weighted by Gasteiger charge is 2.23. The Kier molecular flexibility index (Phi) is 2.34. The van der Waals surface area contributed by atoms with E-state index in [1.54, 1.807) is 6.92 Å². The summed E-state index contributed by atoms with van der Waals surface area (Å²) in [6.45, 7) is 2.49. The molecule has 2 nitrogen and oxygen atoms in total. The van der Waals surface area contributed by atoms with Gasteiger partial charge in [-0.1, -0.05) is 24.3 Å². The molecule has 1 heterocycles. The number of rotatable bonds is 1. The van der Waals surface area contributed by atoms with E-state index in [0.717, 1.165) is 12.0 Å². The lowest BCUT2D eigenvalue weighted by molar-refractivity contribution is -0.0385. The van der Waals surface area contributed by atoms with Gasteiger partial charge in [-0.2, -0.15) is 0 Å². The maximum absolute atomic E-state index is 9.50. The third-order valence-electron chi connectivity index (χ3n) is 2.47. The van der Waals surface area contributed by atoms with Crippen LogP contribution in [0.15, 0.2) is 24.3 Å². The molecular weight excluding hydrogens is 164 g/mol. The molecule has 0 aliphatic carbocycles. The van der Waals surface area contributed by atoms with Crippen LogP contribution in [0.4, 0.5) is 0 Å². The topological polar surface area (TPSA) is 29.5 Å². The van der Waals surface area contributed by atoms with Crippen molar-refractivity contribution in [2.24, 2.45) is 0 Å². The minimum Gasteiger partial charge on any atom is -0.390 e. The molecule has 1 aliphatic rings. The molecule has 13 heavy (non-hydrogen) atoms. The van der Waals surface area contributed by atoms with Gasteiger partial charge in [0.05, 0.1) is 12.7 Å². The number of fused-ring (bicyclic) bond motifs is 1. The first kappa shape index (κ1) is 8.73. The SMILES string of the molecule is CC(O)C1OCCc2ccccc21. The van der Waals surface area contributed by atoms with Gasteiger partial charge >= 0.3 is 0 Å². The first-order chi connectivity index (χ1) is 6.29. The summed E-state index contributed by atoms with van der Waals surface area (Å²) < 4.78 is 5.52. The molecule has 0 spiro atoms. The molecule has 0 aromatic heterocycles. The zero-order valence-electron chi connectivity index (χ0n) is 7.73. The molecule has 0 saturated heterocycles. The number of ether oxygens (including phenoxy) is 1. The third-order valence-corrected chi connectivity index (χ3v) is 2.47. The summed E-state index contributed by atoms with van der Waals surface area (Å²) in [5, 5.41) is 9.50. The second-order valence-corrected chi connectivity index (χ2v) is 3.48. The van der Waals surface area contributed by atoms with Gasteiger partial charge in [-0.05, 0) is 24.5 Å². The van der Waals surface area contributed by atoms with E-state index in [9.17, 15) is 5.11 Å². The van der Waals surface area contributed by atoms with Gasteiger partial charge in [0.15, 0.2) is 0 Å². The van der Waals surface area contributed by atoms with Crippen LogP contribution < -0.4 is 0 Å². The number of hydrogen-bond acceptors (Lipinski definition) is 2. The lowest BCUT2D eigenvalue weighted by Crippen LogP contribution is -2.24. The Morgan fingerprint density at radius 1 is 1.46 bits per heavy atom. The van der Waals surface area contributed by atoms with Gasteiger partial charge in [-0.3, -0.25) is 0 Å². The van der Waals surface area contributed by atoms with Crippen LogP contribution in [0.2, 0.25) is 0 Å². The predicted molar refractivity (Wildman–Crippen MR) is 50.5 cm³/mol. The first-order valence-corrected chi connectivity index (χ1v) is 4.66. The molecule has 0 amide bonds. The molecule has 2 atom stereocenters. The lowest BCUT2D eigenvalue weighted by atomic mass is 9.95. The first-order valence-electron chi connectivity index (χ1n) is 4.66. The molecule has 1 aliphatic heterocycles. The largest absolute Gasteiger partial charge is 0.390 e. The van der Waals surface area contributed by atoms with Crippen LogP contribution in [-0.2, 0) is 11.2 Å². The van der Waals surface area contributed by atoms with Crippen molar-refractivity contribution in [1.82, 2.24) is 0 Å². The van der Waals surface area contributed by atoms with Gasteiger partial charge in [0, 0.05) is 0 Å². The van der Waals surface area contributed by atoms with E-state index in [-0.39, 0.29) is 6.10 Å². The number of aliphatic hydroxyl groups excluding tert-OH is 1. The van der Waals surface area contributed by atoms with E-state index >= 15 is 0 Å². The van der Waals surface area contributed by atoms with Crippen LogP contribution in [-0.4, -0.2) is 17.8 Å². The molecule has 0 saturated carbocycles. The molecule has 2 rings (SSSR count). The van der Waals surface area contributed by atoms with Crippen molar-refractivity contribution in [2.75, 3.05) is 6.61 Å². The van der Waals surface area contributed by atoms with E-state index in [0.29, 0.717) is 6.61 Å². The van der Waals surface area contributed by atoms with Crippen molar-refractivity contribution < 1.29 is 9.84 Å². The van der Waals surface area contributed by atoms with E-state index in [1.807, 2.05) is 18.2 Å². The Morgan fingerprint density at radius 2 is 2.23 bits per heavy atom. The maximum Gasteiger partial charge on any atom is 0.108 e. The van der Waals surface area contributed by atoms with Crippen LogP contribution in [0.5, 0.6) is 0 Å². The fraction of sp³-hybridized carbons (Fsp3) is 0.455. The molecule has 1 N–H and O–H groups in total. The highest BCUT2D eigenvalue weighted by Crippen LogP contribution is 2.29. The number of hydrogen-bond donors (Lipinski definition) is 1. The summed E-state index contributed by atoms with van der Waals surface area (Å²) in [5.41, 5.74) is 2.45. The maximum atomic E-state index is 9.50. The normalized spacial score (nSPS) is 23.7. The van der Waals surface area contributed by atoms with Crippen LogP contribution >= 0.6 is 0 Å². The molecule has 0 fully saturated rings.